The van der Waals surface area contributed by atoms with Gasteiger partial charge in [0.2, 0.25) is 0 Å². The molecule has 5 aliphatic rings. The van der Waals surface area contributed by atoms with E-state index in [1.54, 1.807) is 0 Å². The third-order valence-electron chi connectivity index (χ3n) is 14.3. The monoisotopic (exact) mass is 606 g/mol. The fraction of sp³-hybridized carbons (Fsp3) is 1.00. The average molecular weight is 608 g/mol. The van der Waals surface area contributed by atoms with Crippen LogP contribution in [0.2, 0.25) is 0 Å². The molecule has 0 amide bonds. The van der Waals surface area contributed by atoms with Crippen molar-refractivity contribution < 1.29 is 0 Å². The van der Waals surface area contributed by atoms with E-state index >= 15 is 0 Å². The molecular weight excluding hydrogens is 539 g/mol. The van der Waals surface area contributed by atoms with Crippen LogP contribution in [-0.4, -0.2) is 4.33 Å². The highest BCUT2D eigenvalue weighted by atomic mass is 35.5. The second-order valence-corrected chi connectivity index (χ2v) is 17.9. The fourth-order valence-electron chi connectivity index (χ4n) is 11.4. The van der Waals surface area contributed by atoms with Gasteiger partial charge in [0.15, 0.2) is 0 Å². The molecule has 2 heteroatoms. The maximum Gasteiger partial charge on any atom is 0.129 e. The van der Waals surface area contributed by atoms with Gasteiger partial charge in [0.25, 0.3) is 0 Å². The molecule has 2 spiro atoms. The summed E-state index contributed by atoms with van der Waals surface area (Å²) < 4.78 is -0.456. The molecule has 0 aromatic carbocycles. The smallest absolute Gasteiger partial charge is 0.100 e. The van der Waals surface area contributed by atoms with Crippen LogP contribution in [0.1, 0.15) is 194 Å². The highest BCUT2D eigenvalue weighted by molar-refractivity contribution is 6.50. The van der Waals surface area contributed by atoms with Gasteiger partial charge in [-0.1, -0.05) is 110 Å². The van der Waals surface area contributed by atoms with Crippen LogP contribution < -0.4 is 0 Å². The summed E-state index contributed by atoms with van der Waals surface area (Å²) in [6, 6.07) is 0. The second kappa shape index (κ2) is 15.2. The van der Waals surface area contributed by atoms with Crippen molar-refractivity contribution in [2.45, 2.75) is 198 Å². The Morgan fingerprint density at radius 3 is 1.22 bits per heavy atom. The van der Waals surface area contributed by atoms with Gasteiger partial charge >= 0.3 is 0 Å². The van der Waals surface area contributed by atoms with E-state index in [0.29, 0.717) is 0 Å². The minimum absolute atomic E-state index is 0.241. The topological polar surface area (TPSA) is 0 Å². The molecule has 5 saturated carbocycles. The van der Waals surface area contributed by atoms with E-state index in [2.05, 4.69) is 13.8 Å². The number of alkyl halides is 2. The van der Waals surface area contributed by atoms with Crippen molar-refractivity contribution in [3.05, 3.63) is 0 Å². The molecule has 5 aliphatic carbocycles. The number of hydrogen-bond acceptors (Lipinski definition) is 0. The van der Waals surface area contributed by atoms with Gasteiger partial charge in [-0.15, -0.1) is 23.2 Å². The molecule has 0 N–H and O–H groups in total. The molecule has 5 fully saturated rings. The first kappa shape index (κ1) is 33.0. The number of hydrogen-bond donors (Lipinski definition) is 0. The highest BCUT2D eigenvalue weighted by Gasteiger charge is 2.72. The minimum Gasteiger partial charge on any atom is -0.100 e. The quantitative estimate of drug-likeness (QED) is 0.144. The molecule has 0 heterocycles. The maximum absolute atomic E-state index is 7.49. The van der Waals surface area contributed by atoms with E-state index in [1.165, 1.54) is 180 Å². The van der Waals surface area contributed by atoms with Gasteiger partial charge in [-0.2, -0.15) is 0 Å². The molecule has 238 valence electrons. The van der Waals surface area contributed by atoms with Crippen LogP contribution in [0.25, 0.3) is 0 Å². The normalized spacial score (nSPS) is 41.0. The average Bonchev–Trinajstić information content (AvgIpc) is 3.01. The molecule has 0 bridgehead atoms. The number of halogens is 2. The van der Waals surface area contributed by atoms with E-state index in [4.69, 9.17) is 23.2 Å². The van der Waals surface area contributed by atoms with E-state index < -0.39 is 4.33 Å². The second-order valence-electron chi connectivity index (χ2n) is 16.6. The molecule has 0 unspecified atom stereocenters. The lowest BCUT2D eigenvalue weighted by Gasteiger charge is -2.69. The summed E-state index contributed by atoms with van der Waals surface area (Å²) >= 11 is 15.0. The zero-order valence-electron chi connectivity index (χ0n) is 27.5. The summed E-state index contributed by atoms with van der Waals surface area (Å²) in [5.41, 5.74) is 0.483. The molecular formula is C39H68Cl2. The molecule has 0 aromatic rings. The summed E-state index contributed by atoms with van der Waals surface area (Å²) in [6.07, 6.45) is 40.3. The minimum atomic E-state index is -0.456. The van der Waals surface area contributed by atoms with Crippen LogP contribution in [0, 0.1) is 46.3 Å². The Bertz CT molecular complexity index is 740. The standard InChI is InChI=1S/C39H68Cl2/c1-3-5-7-8-9-10-11-13-32-16-20-34(21-17-32)36-24-28-38(29-25-36)30-37(39(38,40)41)26-22-35(23-27-37)33-18-14-31(15-19-33)12-6-4-2/h31-36H,3-30H2,1-2H3/t31?,32?,33?,34?,35-,36?,37-,38-. The Labute approximate surface area is 266 Å². The van der Waals surface area contributed by atoms with Gasteiger partial charge in [-0.25, -0.2) is 0 Å². The van der Waals surface area contributed by atoms with E-state index in [0.717, 1.165) is 35.5 Å². The molecule has 0 aromatic heterocycles. The van der Waals surface area contributed by atoms with Crippen molar-refractivity contribution in [2.24, 2.45) is 46.3 Å². The third-order valence-corrected chi connectivity index (χ3v) is 15.9. The van der Waals surface area contributed by atoms with Gasteiger partial charge in [-0.05, 0) is 119 Å². The maximum atomic E-state index is 7.49. The van der Waals surface area contributed by atoms with Crippen molar-refractivity contribution in [1.29, 1.82) is 0 Å². The van der Waals surface area contributed by atoms with E-state index in [1.807, 2.05) is 0 Å². The zero-order valence-corrected chi connectivity index (χ0v) is 29.0. The van der Waals surface area contributed by atoms with Crippen LogP contribution in [-0.2, 0) is 0 Å². The number of unbranched alkanes of at least 4 members (excludes halogenated alkanes) is 7. The first-order valence-electron chi connectivity index (χ1n) is 19.3. The molecule has 0 atom stereocenters. The van der Waals surface area contributed by atoms with Crippen LogP contribution >= 0.6 is 23.2 Å². The molecule has 0 radical (unpaired) electrons. The molecule has 5 rings (SSSR count). The van der Waals surface area contributed by atoms with Crippen molar-refractivity contribution in [2.75, 3.05) is 0 Å². The lowest BCUT2D eigenvalue weighted by molar-refractivity contribution is -0.122. The zero-order chi connectivity index (χ0) is 28.8. The van der Waals surface area contributed by atoms with Crippen LogP contribution in [0.4, 0.5) is 0 Å². The molecule has 0 aliphatic heterocycles. The first-order chi connectivity index (χ1) is 19.9. The Hall–Kier alpha value is 0.580. The molecule has 0 saturated heterocycles. The van der Waals surface area contributed by atoms with Crippen molar-refractivity contribution in [3.63, 3.8) is 0 Å². The summed E-state index contributed by atoms with van der Waals surface area (Å²) in [5.74, 6) is 5.99. The van der Waals surface area contributed by atoms with Crippen LogP contribution in [0.3, 0.4) is 0 Å². The fourth-order valence-corrected chi connectivity index (χ4v) is 12.4. The highest BCUT2D eigenvalue weighted by Crippen LogP contribution is 2.77. The van der Waals surface area contributed by atoms with Gasteiger partial charge in [-0.3, -0.25) is 0 Å². The largest absolute Gasteiger partial charge is 0.129 e. The van der Waals surface area contributed by atoms with Gasteiger partial charge in [0, 0.05) is 10.8 Å². The lowest BCUT2D eigenvalue weighted by atomic mass is 9.42. The van der Waals surface area contributed by atoms with Crippen molar-refractivity contribution in [1.82, 2.24) is 0 Å². The lowest BCUT2D eigenvalue weighted by Crippen LogP contribution is -2.66. The summed E-state index contributed by atoms with van der Waals surface area (Å²) in [6.45, 7) is 4.66. The molecule has 0 nitrogen and oxygen atoms in total. The first-order valence-corrected chi connectivity index (χ1v) is 20.1. The Kier molecular flexibility index (Phi) is 12.3. The van der Waals surface area contributed by atoms with Crippen LogP contribution in [0.5, 0.6) is 0 Å². The third kappa shape index (κ3) is 7.53. The summed E-state index contributed by atoms with van der Waals surface area (Å²) in [4.78, 5) is 0. The van der Waals surface area contributed by atoms with Crippen LogP contribution in [0.15, 0.2) is 0 Å². The Balaban J connectivity index is 0.991. The predicted octanol–water partition coefficient (Wildman–Crippen LogP) is 13.9. The summed E-state index contributed by atoms with van der Waals surface area (Å²) in [7, 11) is 0. The SMILES string of the molecule is CCCCCCCCCC1CCC(C2CC[C@]3(CC2)C[C@@]2(CC[C@H](C4CCC(CCCC)CC4)CC2)C3(Cl)Cl)CC1. The van der Waals surface area contributed by atoms with E-state index in [-0.39, 0.29) is 10.8 Å². The van der Waals surface area contributed by atoms with Crippen molar-refractivity contribution >= 4 is 23.2 Å². The predicted molar refractivity (Wildman–Crippen MR) is 181 cm³/mol. The van der Waals surface area contributed by atoms with Gasteiger partial charge in [0.1, 0.15) is 4.33 Å². The Morgan fingerprint density at radius 1 is 0.439 bits per heavy atom. The molecule has 41 heavy (non-hydrogen) atoms. The summed E-state index contributed by atoms with van der Waals surface area (Å²) in [5, 5.41) is 0. The van der Waals surface area contributed by atoms with Gasteiger partial charge in [0.05, 0.1) is 0 Å². The Morgan fingerprint density at radius 2 is 0.805 bits per heavy atom. The number of rotatable bonds is 13. The van der Waals surface area contributed by atoms with E-state index in [9.17, 15) is 0 Å². The van der Waals surface area contributed by atoms with Crippen molar-refractivity contribution in [3.8, 4) is 0 Å². The van der Waals surface area contributed by atoms with Gasteiger partial charge < -0.3 is 0 Å².